The minimum absolute atomic E-state index is 0.0590. The summed E-state index contributed by atoms with van der Waals surface area (Å²) >= 11 is 1.54. The Balaban J connectivity index is 2.36. The van der Waals surface area contributed by atoms with Gasteiger partial charge in [0.25, 0.3) is 5.91 Å². The van der Waals surface area contributed by atoms with Gasteiger partial charge in [0, 0.05) is 11.4 Å². The molecule has 0 radical (unpaired) electrons. The minimum Gasteiger partial charge on any atom is -0.351 e. The van der Waals surface area contributed by atoms with Crippen LogP contribution in [0.3, 0.4) is 0 Å². The van der Waals surface area contributed by atoms with Gasteiger partial charge >= 0.3 is 0 Å². The molecule has 0 unspecified atom stereocenters. The van der Waals surface area contributed by atoms with Crippen molar-refractivity contribution in [1.29, 1.82) is 0 Å². The number of carbonyl (C=O) groups is 1. The van der Waals surface area contributed by atoms with Crippen LogP contribution in [0.2, 0.25) is 0 Å². The summed E-state index contributed by atoms with van der Waals surface area (Å²) in [7, 11) is 0. The maximum atomic E-state index is 11.5. The van der Waals surface area contributed by atoms with Crippen LogP contribution in [0.1, 0.15) is 34.8 Å². The Labute approximate surface area is 89.3 Å². The van der Waals surface area contributed by atoms with Gasteiger partial charge in [-0.25, -0.2) is 0 Å². The van der Waals surface area contributed by atoms with Crippen molar-refractivity contribution in [1.82, 2.24) is 5.32 Å². The molecule has 0 bridgehead atoms. The van der Waals surface area contributed by atoms with E-state index in [1.807, 2.05) is 19.1 Å². The molecule has 0 saturated heterocycles. The second-order valence-electron chi connectivity index (χ2n) is 3.85. The summed E-state index contributed by atoms with van der Waals surface area (Å²) in [5, 5.41) is 2.92. The van der Waals surface area contributed by atoms with Crippen LogP contribution in [0.15, 0.2) is 12.1 Å². The van der Waals surface area contributed by atoms with Crippen LogP contribution in [0.5, 0.6) is 0 Å². The van der Waals surface area contributed by atoms with Gasteiger partial charge in [0.1, 0.15) is 0 Å². The second kappa shape index (κ2) is 5.15. The van der Waals surface area contributed by atoms with E-state index in [4.69, 9.17) is 0 Å². The number of thiophene rings is 1. The van der Waals surface area contributed by atoms with E-state index in [1.54, 1.807) is 11.3 Å². The maximum Gasteiger partial charge on any atom is 0.261 e. The predicted molar refractivity (Wildman–Crippen MR) is 60.8 cm³/mol. The Morgan fingerprint density at radius 2 is 2.21 bits per heavy atom. The van der Waals surface area contributed by atoms with E-state index in [-0.39, 0.29) is 5.91 Å². The van der Waals surface area contributed by atoms with E-state index < -0.39 is 0 Å². The molecule has 1 heterocycles. The van der Waals surface area contributed by atoms with Crippen molar-refractivity contribution in [2.75, 3.05) is 6.54 Å². The van der Waals surface area contributed by atoms with Gasteiger partial charge in [-0.1, -0.05) is 13.8 Å². The van der Waals surface area contributed by atoms with Crippen LogP contribution in [0, 0.1) is 12.8 Å². The number of hydrogen-bond acceptors (Lipinski definition) is 2. The molecule has 0 aliphatic heterocycles. The first-order valence-corrected chi connectivity index (χ1v) is 5.76. The van der Waals surface area contributed by atoms with Gasteiger partial charge in [0.2, 0.25) is 0 Å². The van der Waals surface area contributed by atoms with E-state index in [2.05, 4.69) is 19.2 Å². The fourth-order valence-electron chi connectivity index (χ4n) is 1.12. The first-order chi connectivity index (χ1) is 6.59. The van der Waals surface area contributed by atoms with Crippen LogP contribution in [-0.2, 0) is 0 Å². The molecule has 0 fully saturated rings. The zero-order valence-corrected chi connectivity index (χ0v) is 9.78. The monoisotopic (exact) mass is 211 g/mol. The van der Waals surface area contributed by atoms with Gasteiger partial charge in [-0.15, -0.1) is 11.3 Å². The van der Waals surface area contributed by atoms with Crippen LogP contribution >= 0.6 is 11.3 Å². The Kier molecular flexibility index (Phi) is 4.14. The number of hydrogen-bond donors (Lipinski definition) is 1. The molecular weight excluding hydrogens is 194 g/mol. The average Bonchev–Trinajstić information content (AvgIpc) is 2.51. The molecule has 2 nitrogen and oxygen atoms in total. The Morgan fingerprint density at radius 3 is 2.71 bits per heavy atom. The Bertz CT molecular complexity index is 304. The van der Waals surface area contributed by atoms with Gasteiger partial charge < -0.3 is 5.32 Å². The second-order valence-corrected chi connectivity index (χ2v) is 5.14. The minimum atomic E-state index is 0.0590. The van der Waals surface area contributed by atoms with Gasteiger partial charge in [-0.3, -0.25) is 4.79 Å². The third-order valence-electron chi connectivity index (χ3n) is 1.97. The summed E-state index contributed by atoms with van der Waals surface area (Å²) in [5.74, 6) is 0.698. The molecule has 0 saturated carbocycles. The highest BCUT2D eigenvalue weighted by atomic mass is 32.1. The first kappa shape index (κ1) is 11.2. The molecule has 14 heavy (non-hydrogen) atoms. The van der Waals surface area contributed by atoms with E-state index in [1.165, 1.54) is 4.88 Å². The van der Waals surface area contributed by atoms with Crippen molar-refractivity contribution in [2.45, 2.75) is 27.2 Å². The summed E-state index contributed by atoms with van der Waals surface area (Å²) in [6.45, 7) is 7.09. The number of amides is 1. The van der Waals surface area contributed by atoms with E-state index in [0.717, 1.165) is 17.8 Å². The standard InChI is InChI=1S/C11H17NOS/c1-8(2)6-7-12-11(13)10-5-4-9(3)14-10/h4-5,8H,6-7H2,1-3H3,(H,12,13). The molecule has 1 N–H and O–H groups in total. The van der Waals surface area contributed by atoms with E-state index in [9.17, 15) is 4.79 Å². The highest BCUT2D eigenvalue weighted by molar-refractivity contribution is 7.13. The van der Waals surface area contributed by atoms with Gasteiger partial charge in [-0.05, 0) is 31.4 Å². The fourth-order valence-corrected chi connectivity index (χ4v) is 1.90. The SMILES string of the molecule is Cc1ccc(C(=O)NCCC(C)C)s1. The quantitative estimate of drug-likeness (QED) is 0.815. The van der Waals surface area contributed by atoms with Crippen molar-refractivity contribution in [3.05, 3.63) is 21.9 Å². The molecule has 78 valence electrons. The third kappa shape index (κ3) is 3.50. The molecule has 0 aromatic carbocycles. The predicted octanol–water partition coefficient (Wildman–Crippen LogP) is 2.83. The molecule has 1 aromatic heterocycles. The number of aryl methyl sites for hydroxylation is 1. The first-order valence-electron chi connectivity index (χ1n) is 4.94. The highest BCUT2D eigenvalue weighted by Gasteiger charge is 2.06. The highest BCUT2D eigenvalue weighted by Crippen LogP contribution is 2.14. The fraction of sp³-hybridized carbons (Fsp3) is 0.545. The van der Waals surface area contributed by atoms with Crippen LogP contribution in [0.25, 0.3) is 0 Å². The van der Waals surface area contributed by atoms with Gasteiger partial charge in [0.15, 0.2) is 0 Å². The average molecular weight is 211 g/mol. The van der Waals surface area contributed by atoms with Gasteiger partial charge in [0.05, 0.1) is 4.88 Å². The lowest BCUT2D eigenvalue weighted by atomic mass is 10.1. The summed E-state index contributed by atoms with van der Waals surface area (Å²) in [4.78, 5) is 13.5. The lowest BCUT2D eigenvalue weighted by molar-refractivity contribution is 0.0956. The molecule has 1 amide bonds. The van der Waals surface area contributed by atoms with Crippen LogP contribution < -0.4 is 5.32 Å². The number of carbonyl (C=O) groups excluding carboxylic acids is 1. The lowest BCUT2D eigenvalue weighted by Crippen LogP contribution is -2.24. The van der Waals surface area contributed by atoms with E-state index >= 15 is 0 Å². The molecule has 0 aliphatic rings. The topological polar surface area (TPSA) is 29.1 Å². The van der Waals surface area contributed by atoms with Crippen LogP contribution in [-0.4, -0.2) is 12.5 Å². The van der Waals surface area contributed by atoms with Crippen molar-refractivity contribution in [3.8, 4) is 0 Å². The molecule has 0 atom stereocenters. The summed E-state index contributed by atoms with van der Waals surface area (Å²) in [5.41, 5.74) is 0. The molecule has 0 spiro atoms. The van der Waals surface area contributed by atoms with Crippen molar-refractivity contribution < 1.29 is 4.79 Å². The molecule has 1 rings (SSSR count). The van der Waals surface area contributed by atoms with Gasteiger partial charge in [-0.2, -0.15) is 0 Å². The molecule has 1 aromatic rings. The Hall–Kier alpha value is -0.830. The van der Waals surface area contributed by atoms with E-state index in [0.29, 0.717) is 5.92 Å². The summed E-state index contributed by atoms with van der Waals surface area (Å²) in [6.07, 6.45) is 1.04. The molecular formula is C11H17NOS. The smallest absolute Gasteiger partial charge is 0.261 e. The Morgan fingerprint density at radius 1 is 1.50 bits per heavy atom. The number of nitrogens with one attached hydrogen (secondary N) is 1. The zero-order valence-electron chi connectivity index (χ0n) is 8.96. The number of rotatable bonds is 4. The normalized spacial score (nSPS) is 10.6. The largest absolute Gasteiger partial charge is 0.351 e. The molecule has 0 aliphatic carbocycles. The maximum absolute atomic E-state index is 11.5. The van der Waals surface area contributed by atoms with Crippen molar-refractivity contribution in [3.63, 3.8) is 0 Å². The van der Waals surface area contributed by atoms with Crippen molar-refractivity contribution in [2.24, 2.45) is 5.92 Å². The summed E-state index contributed by atoms with van der Waals surface area (Å²) < 4.78 is 0. The third-order valence-corrected chi connectivity index (χ3v) is 2.97. The van der Waals surface area contributed by atoms with Crippen LogP contribution in [0.4, 0.5) is 0 Å². The lowest BCUT2D eigenvalue weighted by Gasteiger charge is -2.05. The van der Waals surface area contributed by atoms with Crippen molar-refractivity contribution >= 4 is 17.2 Å². The zero-order chi connectivity index (χ0) is 10.6. The summed E-state index contributed by atoms with van der Waals surface area (Å²) in [6, 6.07) is 3.85. The molecule has 3 heteroatoms.